The van der Waals surface area contributed by atoms with Crippen LogP contribution in [0.25, 0.3) is 0 Å². The van der Waals surface area contributed by atoms with Crippen LogP contribution in [-0.4, -0.2) is 36.7 Å². The van der Waals surface area contributed by atoms with Crippen molar-refractivity contribution in [3.8, 4) is 0 Å². The molecule has 2 atom stereocenters. The van der Waals surface area contributed by atoms with Crippen LogP contribution in [0.3, 0.4) is 0 Å². The Balaban J connectivity index is 2.11. The van der Waals surface area contributed by atoms with E-state index in [2.05, 4.69) is 62.3 Å². The van der Waals surface area contributed by atoms with Crippen LogP contribution >= 0.6 is 0 Å². The summed E-state index contributed by atoms with van der Waals surface area (Å²) >= 11 is 0. The van der Waals surface area contributed by atoms with Gasteiger partial charge in [-0.15, -0.1) is 0 Å². The van der Waals surface area contributed by atoms with E-state index in [1.165, 1.54) is 11.1 Å². The predicted molar refractivity (Wildman–Crippen MR) is 87.0 cm³/mol. The fourth-order valence-corrected chi connectivity index (χ4v) is 2.87. The molecule has 21 heavy (non-hydrogen) atoms. The molecule has 1 aromatic carbocycles. The maximum absolute atomic E-state index is 5.96. The highest BCUT2D eigenvalue weighted by Gasteiger charge is 2.29. The smallest absolute Gasteiger partial charge is 0.0909 e. The molecule has 0 saturated carbocycles. The molecule has 1 aliphatic rings. The summed E-state index contributed by atoms with van der Waals surface area (Å²) < 4.78 is 5.96. The van der Waals surface area contributed by atoms with Gasteiger partial charge in [0, 0.05) is 19.1 Å². The van der Waals surface area contributed by atoms with Crippen molar-refractivity contribution < 1.29 is 4.74 Å². The number of nitrogens with two attached hydrogens (primary N) is 1. The summed E-state index contributed by atoms with van der Waals surface area (Å²) in [4.78, 5) is 2.45. The highest BCUT2D eigenvalue weighted by molar-refractivity contribution is 5.27. The van der Waals surface area contributed by atoms with Crippen LogP contribution < -0.4 is 11.3 Å². The van der Waals surface area contributed by atoms with Crippen LogP contribution in [0.1, 0.15) is 50.8 Å². The van der Waals surface area contributed by atoms with E-state index >= 15 is 0 Å². The first-order valence-electron chi connectivity index (χ1n) is 7.94. The van der Waals surface area contributed by atoms with Gasteiger partial charge in [-0.3, -0.25) is 16.2 Å². The molecule has 0 aromatic heterocycles. The molecule has 3 N–H and O–H groups in total. The van der Waals surface area contributed by atoms with Crippen molar-refractivity contribution >= 4 is 0 Å². The minimum atomic E-state index is 0.0350. The Morgan fingerprint density at radius 3 is 2.29 bits per heavy atom. The summed E-state index contributed by atoms with van der Waals surface area (Å²) in [5.41, 5.74) is 5.49. The number of rotatable bonds is 5. The molecule has 0 radical (unpaired) electrons. The second-order valence-corrected chi connectivity index (χ2v) is 6.46. The van der Waals surface area contributed by atoms with E-state index < -0.39 is 0 Å². The zero-order valence-corrected chi connectivity index (χ0v) is 13.7. The van der Waals surface area contributed by atoms with Gasteiger partial charge in [-0.1, -0.05) is 38.1 Å². The molecule has 1 fully saturated rings. The zero-order chi connectivity index (χ0) is 15.4. The quantitative estimate of drug-likeness (QED) is 0.646. The van der Waals surface area contributed by atoms with Crippen LogP contribution in [0.2, 0.25) is 0 Å². The van der Waals surface area contributed by atoms with Crippen molar-refractivity contribution in [3.05, 3.63) is 35.4 Å². The van der Waals surface area contributed by atoms with Gasteiger partial charge in [-0.05, 0) is 30.9 Å². The normalized spacial score (nSPS) is 22.0. The van der Waals surface area contributed by atoms with Crippen molar-refractivity contribution in [2.24, 2.45) is 5.84 Å². The fraction of sp³-hybridized carbons (Fsp3) is 0.647. The predicted octanol–water partition coefficient (Wildman–Crippen LogP) is 2.42. The Morgan fingerprint density at radius 1 is 1.14 bits per heavy atom. The maximum atomic E-state index is 5.96. The maximum Gasteiger partial charge on any atom is 0.0909 e. The van der Waals surface area contributed by atoms with Gasteiger partial charge in [-0.25, -0.2) is 0 Å². The Morgan fingerprint density at radius 2 is 1.76 bits per heavy atom. The lowest BCUT2D eigenvalue weighted by molar-refractivity contribution is -0.0561. The van der Waals surface area contributed by atoms with E-state index in [1.807, 2.05) is 0 Å². The van der Waals surface area contributed by atoms with E-state index in [1.54, 1.807) is 0 Å². The molecule has 1 aromatic rings. The summed E-state index contributed by atoms with van der Waals surface area (Å²) in [6.07, 6.45) is 0.0936. The van der Waals surface area contributed by atoms with Gasteiger partial charge in [0.25, 0.3) is 0 Å². The topological polar surface area (TPSA) is 50.5 Å². The standard InChI is InChI=1S/C17H29N3O/c1-12(2)14-5-7-15(8-6-14)17(19-18)16-11-20(13(3)4)9-10-21-16/h5-8,12-13,16-17,19H,9-11,18H2,1-4H3. The summed E-state index contributed by atoms with van der Waals surface area (Å²) in [6.45, 7) is 11.5. The monoisotopic (exact) mass is 291 g/mol. The zero-order valence-electron chi connectivity index (χ0n) is 13.7. The molecule has 1 saturated heterocycles. The minimum absolute atomic E-state index is 0.0350. The van der Waals surface area contributed by atoms with Crippen LogP contribution in [-0.2, 0) is 4.74 Å². The van der Waals surface area contributed by atoms with Crippen molar-refractivity contribution in [2.45, 2.75) is 51.8 Å². The first kappa shape index (κ1) is 16.4. The van der Waals surface area contributed by atoms with Gasteiger partial charge in [0.15, 0.2) is 0 Å². The Labute approximate surface area is 128 Å². The Bertz CT molecular complexity index is 430. The number of nitrogens with one attached hydrogen (secondary N) is 1. The molecule has 2 unspecified atom stereocenters. The average Bonchev–Trinajstić information content (AvgIpc) is 2.49. The van der Waals surface area contributed by atoms with Crippen molar-refractivity contribution in [1.82, 2.24) is 10.3 Å². The summed E-state index contributed by atoms with van der Waals surface area (Å²) in [5, 5.41) is 0. The lowest BCUT2D eigenvalue weighted by Gasteiger charge is -2.38. The molecule has 4 heteroatoms. The van der Waals surface area contributed by atoms with Crippen molar-refractivity contribution in [3.63, 3.8) is 0 Å². The highest BCUT2D eigenvalue weighted by atomic mass is 16.5. The largest absolute Gasteiger partial charge is 0.374 e. The van der Waals surface area contributed by atoms with Gasteiger partial charge in [-0.2, -0.15) is 0 Å². The van der Waals surface area contributed by atoms with Gasteiger partial charge in [0.1, 0.15) is 0 Å². The lowest BCUT2D eigenvalue weighted by atomic mass is 9.96. The summed E-state index contributed by atoms with van der Waals surface area (Å²) in [6, 6.07) is 9.28. The SMILES string of the molecule is CC(C)c1ccc(C(NN)C2CN(C(C)C)CCO2)cc1. The van der Waals surface area contributed by atoms with Crippen LogP contribution in [0.15, 0.2) is 24.3 Å². The Kier molecular flexibility index (Phi) is 5.76. The molecule has 2 rings (SSSR count). The second kappa shape index (κ2) is 7.36. The number of morpholine rings is 1. The van der Waals surface area contributed by atoms with Gasteiger partial charge >= 0.3 is 0 Å². The van der Waals surface area contributed by atoms with Crippen LogP contribution in [0.4, 0.5) is 0 Å². The van der Waals surface area contributed by atoms with Crippen LogP contribution in [0, 0.1) is 0 Å². The lowest BCUT2D eigenvalue weighted by Crippen LogP contribution is -2.51. The van der Waals surface area contributed by atoms with Crippen molar-refractivity contribution in [2.75, 3.05) is 19.7 Å². The first-order chi connectivity index (χ1) is 10.0. The van der Waals surface area contributed by atoms with E-state index in [-0.39, 0.29) is 12.1 Å². The first-order valence-corrected chi connectivity index (χ1v) is 7.94. The van der Waals surface area contributed by atoms with E-state index in [4.69, 9.17) is 10.6 Å². The van der Waals surface area contributed by atoms with E-state index in [9.17, 15) is 0 Å². The van der Waals surface area contributed by atoms with Gasteiger partial charge in [0.2, 0.25) is 0 Å². The number of nitrogens with zero attached hydrogens (tertiary/aromatic N) is 1. The highest BCUT2D eigenvalue weighted by Crippen LogP contribution is 2.24. The third-order valence-corrected chi connectivity index (χ3v) is 4.37. The molecule has 0 amide bonds. The van der Waals surface area contributed by atoms with Gasteiger partial charge in [0.05, 0.1) is 18.8 Å². The number of ether oxygens (including phenoxy) is 1. The average molecular weight is 291 g/mol. The number of hydrazine groups is 1. The fourth-order valence-electron chi connectivity index (χ4n) is 2.87. The molecule has 0 spiro atoms. The molecular weight excluding hydrogens is 262 g/mol. The molecule has 0 aliphatic carbocycles. The second-order valence-electron chi connectivity index (χ2n) is 6.46. The third kappa shape index (κ3) is 4.04. The molecule has 1 heterocycles. The molecular formula is C17H29N3O. The van der Waals surface area contributed by atoms with Gasteiger partial charge < -0.3 is 4.74 Å². The minimum Gasteiger partial charge on any atom is -0.374 e. The molecule has 4 nitrogen and oxygen atoms in total. The van der Waals surface area contributed by atoms with Crippen LogP contribution in [0.5, 0.6) is 0 Å². The summed E-state index contributed by atoms with van der Waals surface area (Å²) in [7, 11) is 0. The summed E-state index contributed by atoms with van der Waals surface area (Å²) in [5.74, 6) is 6.35. The van der Waals surface area contributed by atoms with Crippen molar-refractivity contribution in [1.29, 1.82) is 0 Å². The Hall–Kier alpha value is -0.940. The molecule has 0 bridgehead atoms. The molecule has 118 valence electrons. The number of hydrogen-bond donors (Lipinski definition) is 2. The number of benzene rings is 1. The molecule has 1 aliphatic heterocycles. The number of hydrogen-bond acceptors (Lipinski definition) is 4. The third-order valence-electron chi connectivity index (χ3n) is 4.37. The van der Waals surface area contributed by atoms with E-state index in [0.29, 0.717) is 12.0 Å². The van der Waals surface area contributed by atoms with E-state index in [0.717, 1.165) is 19.7 Å².